The number of carboxylic acids is 1. The van der Waals surface area contributed by atoms with Crippen LogP contribution in [-0.4, -0.2) is 68.0 Å². The molecule has 1 unspecified atom stereocenters. The number of aliphatic carboxylic acids is 1. The summed E-state index contributed by atoms with van der Waals surface area (Å²) < 4.78 is 22.8. The molecule has 110 valence electrons. The Morgan fingerprint density at radius 3 is 2.58 bits per heavy atom. The fourth-order valence-electron chi connectivity index (χ4n) is 2.15. The summed E-state index contributed by atoms with van der Waals surface area (Å²) in [7, 11) is -1.37. The lowest BCUT2D eigenvalue weighted by atomic mass is 10.2. The van der Waals surface area contributed by atoms with Crippen LogP contribution in [0, 0.1) is 0 Å². The summed E-state index contributed by atoms with van der Waals surface area (Å²) in [5.41, 5.74) is 0. The Hall–Kier alpha value is -1.15. The molecule has 0 spiro atoms. The lowest BCUT2D eigenvalue weighted by molar-refractivity contribution is -0.145. The molecule has 0 bridgehead atoms. The van der Waals surface area contributed by atoms with Crippen LogP contribution in [0.25, 0.3) is 0 Å². The van der Waals surface area contributed by atoms with Crippen molar-refractivity contribution in [3.8, 4) is 0 Å². The Bertz CT molecular complexity index is 434. The zero-order valence-corrected chi connectivity index (χ0v) is 11.8. The molecule has 1 rings (SSSR count). The van der Waals surface area contributed by atoms with Crippen LogP contribution in [-0.2, 0) is 19.4 Å². The first kappa shape index (κ1) is 15.9. The molecule has 1 amide bonds. The summed E-state index contributed by atoms with van der Waals surface area (Å²) in [4.78, 5) is 24.0. The van der Waals surface area contributed by atoms with Crippen molar-refractivity contribution >= 4 is 21.7 Å². The quantitative estimate of drug-likeness (QED) is 0.589. The third kappa shape index (κ3) is 5.15. The van der Waals surface area contributed by atoms with E-state index in [0.717, 1.165) is 0 Å². The van der Waals surface area contributed by atoms with Crippen molar-refractivity contribution in [2.75, 3.05) is 31.6 Å². The topological polar surface area (TPSA) is 104 Å². The molecule has 8 heteroatoms. The molecule has 19 heavy (non-hydrogen) atoms. The van der Waals surface area contributed by atoms with Gasteiger partial charge >= 0.3 is 5.97 Å². The average Bonchev–Trinajstić information content (AvgIpc) is 2.66. The van der Waals surface area contributed by atoms with E-state index in [2.05, 4.69) is 5.32 Å². The average molecular weight is 292 g/mol. The van der Waals surface area contributed by atoms with Gasteiger partial charge in [0.25, 0.3) is 0 Å². The fourth-order valence-corrected chi connectivity index (χ4v) is 3.88. The van der Waals surface area contributed by atoms with Gasteiger partial charge in [0.05, 0.1) is 11.5 Å². The number of carboxylic acid groups (broad SMARTS) is 1. The maximum Gasteiger partial charge on any atom is 0.323 e. The third-order valence-electron chi connectivity index (χ3n) is 3.09. The lowest BCUT2D eigenvalue weighted by Crippen LogP contribution is -2.44. The van der Waals surface area contributed by atoms with E-state index in [1.54, 1.807) is 7.05 Å². The smallest absolute Gasteiger partial charge is 0.323 e. The highest BCUT2D eigenvalue weighted by Gasteiger charge is 2.35. The molecule has 0 aliphatic carbocycles. The molecule has 2 N–H and O–H groups in total. The molecular formula is C11H20N2O5S. The summed E-state index contributed by atoms with van der Waals surface area (Å²) in [5.74, 6) is -1.51. The summed E-state index contributed by atoms with van der Waals surface area (Å²) in [6.45, 7) is 0.230. The van der Waals surface area contributed by atoms with Crippen LogP contribution >= 0.6 is 0 Å². The molecule has 7 nitrogen and oxygen atoms in total. The standard InChI is InChI=1S/C11H20N2O5S/c1-12-5-2-3-10(14)13(7-11(15)16)9-4-6-19(17,18)8-9/h9,12H,2-8H2,1H3,(H,15,16). The molecule has 0 aromatic carbocycles. The first-order valence-electron chi connectivity index (χ1n) is 6.22. The monoisotopic (exact) mass is 292 g/mol. The van der Waals surface area contributed by atoms with Gasteiger partial charge in [-0.1, -0.05) is 0 Å². The number of hydrogen-bond acceptors (Lipinski definition) is 5. The highest BCUT2D eigenvalue weighted by Crippen LogP contribution is 2.18. The second-order valence-electron chi connectivity index (χ2n) is 4.68. The number of sulfone groups is 1. The van der Waals surface area contributed by atoms with Crippen molar-refractivity contribution in [3.05, 3.63) is 0 Å². The third-order valence-corrected chi connectivity index (χ3v) is 4.84. The van der Waals surface area contributed by atoms with Crippen molar-refractivity contribution in [2.24, 2.45) is 0 Å². The SMILES string of the molecule is CNCCCC(=O)N(CC(=O)O)C1CCS(=O)(=O)C1. The molecule has 1 saturated heterocycles. The number of nitrogens with zero attached hydrogens (tertiary/aromatic N) is 1. The molecule has 0 aromatic rings. The Morgan fingerprint density at radius 1 is 1.42 bits per heavy atom. The predicted octanol–water partition coefficient (Wildman–Crippen LogP) is -0.914. The lowest BCUT2D eigenvalue weighted by Gasteiger charge is -2.26. The van der Waals surface area contributed by atoms with Gasteiger partial charge < -0.3 is 15.3 Å². The van der Waals surface area contributed by atoms with Crippen LogP contribution in [0.5, 0.6) is 0 Å². The van der Waals surface area contributed by atoms with Gasteiger partial charge in [-0.2, -0.15) is 0 Å². The van der Waals surface area contributed by atoms with Crippen LogP contribution in [0.4, 0.5) is 0 Å². The maximum atomic E-state index is 12.0. The zero-order valence-electron chi connectivity index (χ0n) is 11.0. The van der Waals surface area contributed by atoms with Crippen LogP contribution in [0.15, 0.2) is 0 Å². The molecule has 1 fully saturated rings. The van der Waals surface area contributed by atoms with Gasteiger partial charge in [-0.05, 0) is 26.4 Å². The molecule has 0 saturated carbocycles. The van der Waals surface area contributed by atoms with Gasteiger partial charge in [-0.15, -0.1) is 0 Å². The highest BCUT2D eigenvalue weighted by atomic mass is 32.2. The minimum atomic E-state index is -3.13. The normalized spacial score (nSPS) is 21.2. The number of carbonyl (C=O) groups excluding carboxylic acids is 1. The summed E-state index contributed by atoms with van der Waals surface area (Å²) in [5, 5.41) is 11.7. The van der Waals surface area contributed by atoms with Gasteiger partial charge in [0.15, 0.2) is 9.84 Å². The molecule has 1 aliphatic heterocycles. The Morgan fingerprint density at radius 2 is 2.11 bits per heavy atom. The second kappa shape index (κ2) is 6.85. The minimum Gasteiger partial charge on any atom is -0.480 e. The molecule has 0 radical (unpaired) electrons. The van der Waals surface area contributed by atoms with E-state index in [1.807, 2.05) is 0 Å². The van der Waals surface area contributed by atoms with Crippen LogP contribution in [0.3, 0.4) is 0 Å². The van der Waals surface area contributed by atoms with Crippen molar-refractivity contribution in [2.45, 2.75) is 25.3 Å². The molecule has 1 aliphatic rings. The molecule has 0 aromatic heterocycles. The van der Waals surface area contributed by atoms with E-state index in [4.69, 9.17) is 5.11 Å². The Kier molecular flexibility index (Phi) is 5.74. The van der Waals surface area contributed by atoms with Gasteiger partial charge in [0, 0.05) is 12.5 Å². The van der Waals surface area contributed by atoms with E-state index in [1.165, 1.54) is 4.90 Å². The first-order chi connectivity index (χ1) is 8.85. The zero-order chi connectivity index (χ0) is 14.5. The van der Waals surface area contributed by atoms with E-state index in [9.17, 15) is 18.0 Å². The van der Waals surface area contributed by atoms with E-state index >= 15 is 0 Å². The number of hydrogen-bond donors (Lipinski definition) is 2. The molecule has 1 atom stereocenters. The number of rotatable bonds is 7. The van der Waals surface area contributed by atoms with Crippen molar-refractivity contribution < 1.29 is 23.1 Å². The highest BCUT2D eigenvalue weighted by molar-refractivity contribution is 7.91. The minimum absolute atomic E-state index is 0.0254. The largest absolute Gasteiger partial charge is 0.480 e. The fraction of sp³-hybridized carbons (Fsp3) is 0.818. The summed E-state index contributed by atoms with van der Waals surface area (Å²) >= 11 is 0. The van der Waals surface area contributed by atoms with Gasteiger partial charge in [-0.3, -0.25) is 9.59 Å². The van der Waals surface area contributed by atoms with Gasteiger partial charge in [0.1, 0.15) is 6.54 Å². The Balaban J connectivity index is 2.66. The molecular weight excluding hydrogens is 272 g/mol. The van der Waals surface area contributed by atoms with Gasteiger partial charge in [0.2, 0.25) is 5.91 Å². The van der Waals surface area contributed by atoms with E-state index < -0.39 is 28.4 Å². The van der Waals surface area contributed by atoms with Crippen molar-refractivity contribution in [3.63, 3.8) is 0 Å². The van der Waals surface area contributed by atoms with E-state index in [-0.39, 0.29) is 23.8 Å². The second-order valence-corrected chi connectivity index (χ2v) is 6.91. The summed E-state index contributed by atoms with van der Waals surface area (Å²) in [6, 6.07) is -0.497. The summed E-state index contributed by atoms with van der Waals surface area (Å²) in [6.07, 6.45) is 1.16. The van der Waals surface area contributed by atoms with Crippen LogP contribution in [0.1, 0.15) is 19.3 Å². The van der Waals surface area contributed by atoms with Gasteiger partial charge in [-0.25, -0.2) is 8.42 Å². The van der Waals surface area contributed by atoms with Crippen molar-refractivity contribution in [1.29, 1.82) is 0 Å². The van der Waals surface area contributed by atoms with Crippen LogP contribution < -0.4 is 5.32 Å². The van der Waals surface area contributed by atoms with Crippen LogP contribution in [0.2, 0.25) is 0 Å². The first-order valence-corrected chi connectivity index (χ1v) is 8.04. The number of carbonyl (C=O) groups is 2. The maximum absolute atomic E-state index is 12.0. The van der Waals surface area contributed by atoms with E-state index in [0.29, 0.717) is 19.4 Å². The Labute approximate surface area is 112 Å². The number of amides is 1. The molecule has 1 heterocycles. The number of nitrogens with one attached hydrogen (secondary N) is 1. The van der Waals surface area contributed by atoms with Crippen molar-refractivity contribution in [1.82, 2.24) is 10.2 Å². The predicted molar refractivity (Wildman–Crippen MR) is 69.6 cm³/mol.